The molecule has 2 nitrogen and oxygen atoms in total. The molecule has 86 valence electrons. The van der Waals surface area contributed by atoms with Gasteiger partial charge in [-0.15, -0.1) is 0 Å². The maximum atomic E-state index is 12.1. The molecule has 3 unspecified atom stereocenters. The van der Waals surface area contributed by atoms with Crippen molar-refractivity contribution >= 4 is 17.7 Å². The number of carbonyl (C=O) groups is 1. The number of hydrogen-bond donors (Lipinski definition) is 0. The largest absolute Gasteiger partial charge is 0.342 e. The highest BCUT2D eigenvalue weighted by Gasteiger charge is 2.48. The molecule has 0 heterocycles. The Kier molecular flexibility index (Phi) is 3.29. The second-order valence-corrected chi connectivity index (χ2v) is 6.09. The Morgan fingerprint density at radius 3 is 2.53 bits per heavy atom. The lowest BCUT2D eigenvalue weighted by Gasteiger charge is -2.27. The normalized spacial score (nSPS) is 34.7. The van der Waals surface area contributed by atoms with E-state index in [0.29, 0.717) is 17.9 Å². The molecule has 0 aliphatic heterocycles. The average molecular weight is 227 g/mol. The van der Waals surface area contributed by atoms with Crippen molar-refractivity contribution in [1.29, 1.82) is 0 Å². The van der Waals surface area contributed by atoms with Crippen LogP contribution in [0.15, 0.2) is 0 Å². The molecule has 1 amide bonds. The molecule has 3 atom stereocenters. The third-order valence-corrected chi connectivity index (χ3v) is 4.83. The van der Waals surface area contributed by atoms with Gasteiger partial charge in [-0.2, -0.15) is 11.8 Å². The summed E-state index contributed by atoms with van der Waals surface area (Å²) < 4.78 is 0. The second kappa shape index (κ2) is 4.36. The highest BCUT2D eigenvalue weighted by Crippen LogP contribution is 2.54. The number of thioether (sulfide) groups is 1. The molecule has 2 saturated carbocycles. The van der Waals surface area contributed by atoms with E-state index in [2.05, 4.69) is 13.2 Å². The van der Waals surface area contributed by atoms with Crippen molar-refractivity contribution in [2.45, 2.75) is 32.2 Å². The Morgan fingerprint density at radius 2 is 2.00 bits per heavy atom. The van der Waals surface area contributed by atoms with Crippen molar-refractivity contribution in [2.24, 2.45) is 17.8 Å². The molecule has 0 saturated heterocycles. The first-order chi connectivity index (χ1) is 7.13. The van der Waals surface area contributed by atoms with Gasteiger partial charge in [-0.05, 0) is 44.3 Å². The summed E-state index contributed by atoms with van der Waals surface area (Å²) in [6.07, 6.45) is 5.83. The molecule has 0 aromatic rings. The molecular weight excluding hydrogens is 206 g/mol. The summed E-state index contributed by atoms with van der Waals surface area (Å²) in [5, 5.41) is 0. The minimum Gasteiger partial charge on any atom is -0.342 e. The van der Waals surface area contributed by atoms with Crippen molar-refractivity contribution in [3.63, 3.8) is 0 Å². The molecule has 15 heavy (non-hydrogen) atoms. The zero-order valence-electron chi connectivity index (χ0n) is 9.90. The molecule has 2 aliphatic rings. The lowest BCUT2D eigenvalue weighted by Crippen LogP contribution is -2.40. The smallest absolute Gasteiger partial charge is 0.225 e. The fourth-order valence-electron chi connectivity index (χ4n) is 2.77. The van der Waals surface area contributed by atoms with Gasteiger partial charge in [0.15, 0.2) is 0 Å². The molecule has 0 spiro atoms. The van der Waals surface area contributed by atoms with Gasteiger partial charge in [-0.25, -0.2) is 0 Å². The molecule has 2 rings (SSSR count). The van der Waals surface area contributed by atoms with Gasteiger partial charge in [0, 0.05) is 24.8 Å². The predicted molar refractivity (Wildman–Crippen MR) is 64.9 cm³/mol. The highest BCUT2D eigenvalue weighted by atomic mass is 32.2. The standard InChI is InChI=1S/C12H21NOS/c1-8(7-15-3)13(2)12(14)11-5-9-4-10(9)6-11/h8-11H,4-7H2,1-3H3. The van der Waals surface area contributed by atoms with Crippen molar-refractivity contribution < 1.29 is 4.79 Å². The Morgan fingerprint density at radius 1 is 1.40 bits per heavy atom. The first kappa shape index (κ1) is 11.3. The summed E-state index contributed by atoms with van der Waals surface area (Å²) >= 11 is 1.81. The molecule has 0 aromatic carbocycles. The van der Waals surface area contributed by atoms with Gasteiger partial charge >= 0.3 is 0 Å². The van der Waals surface area contributed by atoms with Crippen LogP contribution in [0.3, 0.4) is 0 Å². The van der Waals surface area contributed by atoms with Gasteiger partial charge in [0.25, 0.3) is 0 Å². The van der Waals surface area contributed by atoms with E-state index in [4.69, 9.17) is 0 Å². The molecule has 0 N–H and O–H groups in total. The molecule has 3 heteroatoms. The van der Waals surface area contributed by atoms with Crippen LogP contribution >= 0.6 is 11.8 Å². The zero-order chi connectivity index (χ0) is 11.0. The summed E-state index contributed by atoms with van der Waals surface area (Å²) in [6.45, 7) is 2.14. The average Bonchev–Trinajstić information content (AvgIpc) is 2.84. The maximum absolute atomic E-state index is 12.1. The Labute approximate surface area is 96.8 Å². The fourth-order valence-corrected chi connectivity index (χ4v) is 3.48. The fraction of sp³-hybridized carbons (Fsp3) is 0.917. The molecule has 0 bridgehead atoms. The van der Waals surface area contributed by atoms with Crippen LogP contribution in [0, 0.1) is 17.8 Å². The number of nitrogens with zero attached hydrogens (tertiary/aromatic N) is 1. The summed E-state index contributed by atoms with van der Waals surface area (Å²) in [5.74, 6) is 3.60. The summed E-state index contributed by atoms with van der Waals surface area (Å²) in [5.41, 5.74) is 0. The molecular formula is C12H21NOS. The van der Waals surface area contributed by atoms with E-state index in [0.717, 1.165) is 17.6 Å². The zero-order valence-corrected chi connectivity index (χ0v) is 10.7. The lowest BCUT2D eigenvalue weighted by atomic mass is 10.0. The monoisotopic (exact) mass is 227 g/mol. The predicted octanol–water partition coefficient (Wildman–Crippen LogP) is 2.24. The maximum Gasteiger partial charge on any atom is 0.225 e. The first-order valence-electron chi connectivity index (χ1n) is 5.89. The van der Waals surface area contributed by atoms with Crippen LogP contribution < -0.4 is 0 Å². The SMILES string of the molecule is CSCC(C)N(C)C(=O)C1CC2CC2C1. The van der Waals surface area contributed by atoms with Crippen LogP contribution in [0.2, 0.25) is 0 Å². The van der Waals surface area contributed by atoms with Gasteiger partial charge in [0.05, 0.1) is 0 Å². The van der Waals surface area contributed by atoms with Crippen molar-refractivity contribution in [3.05, 3.63) is 0 Å². The van der Waals surface area contributed by atoms with E-state index in [1.54, 1.807) is 0 Å². The minimum atomic E-state index is 0.350. The van der Waals surface area contributed by atoms with Crippen LogP contribution in [-0.2, 0) is 4.79 Å². The van der Waals surface area contributed by atoms with Crippen LogP contribution in [0.1, 0.15) is 26.2 Å². The molecule has 2 aliphatic carbocycles. The highest BCUT2D eigenvalue weighted by molar-refractivity contribution is 7.98. The number of amides is 1. The summed E-state index contributed by atoms with van der Waals surface area (Å²) in [4.78, 5) is 14.1. The van der Waals surface area contributed by atoms with Gasteiger partial charge in [-0.3, -0.25) is 4.79 Å². The second-order valence-electron chi connectivity index (χ2n) is 5.18. The quantitative estimate of drug-likeness (QED) is 0.734. The first-order valence-corrected chi connectivity index (χ1v) is 7.28. The van der Waals surface area contributed by atoms with E-state index >= 15 is 0 Å². The topological polar surface area (TPSA) is 20.3 Å². The van der Waals surface area contributed by atoms with Gasteiger partial charge in [0.2, 0.25) is 5.91 Å². The lowest BCUT2D eigenvalue weighted by molar-refractivity contribution is -0.135. The minimum absolute atomic E-state index is 0.350. The molecule has 0 radical (unpaired) electrons. The van der Waals surface area contributed by atoms with E-state index in [-0.39, 0.29) is 0 Å². The van der Waals surface area contributed by atoms with Gasteiger partial charge < -0.3 is 4.90 Å². The van der Waals surface area contributed by atoms with Crippen LogP contribution in [0.25, 0.3) is 0 Å². The molecule has 0 aromatic heterocycles. The number of rotatable bonds is 4. The van der Waals surface area contributed by atoms with Crippen molar-refractivity contribution in [1.82, 2.24) is 4.90 Å². The summed E-state index contributed by atoms with van der Waals surface area (Å²) in [6, 6.07) is 0.379. The Hall–Kier alpha value is -0.180. The van der Waals surface area contributed by atoms with Crippen molar-refractivity contribution in [2.75, 3.05) is 19.1 Å². The third-order valence-electron chi connectivity index (χ3n) is 4.01. The van der Waals surface area contributed by atoms with Crippen molar-refractivity contribution in [3.8, 4) is 0 Å². The van der Waals surface area contributed by atoms with Gasteiger partial charge in [0.1, 0.15) is 0 Å². The van der Waals surface area contributed by atoms with E-state index in [9.17, 15) is 4.79 Å². The Balaban J connectivity index is 1.84. The molecule has 2 fully saturated rings. The van der Waals surface area contributed by atoms with Crippen LogP contribution in [0.4, 0.5) is 0 Å². The third kappa shape index (κ3) is 2.32. The van der Waals surface area contributed by atoms with Gasteiger partial charge in [-0.1, -0.05) is 0 Å². The van der Waals surface area contributed by atoms with E-state index in [1.807, 2.05) is 23.7 Å². The number of fused-ring (bicyclic) bond motifs is 1. The summed E-state index contributed by atoms with van der Waals surface area (Å²) in [7, 11) is 1.97. The van der Waals surface area contributed by atoms with Crippen LogP contribution in [0.5, 0.6) is 0 Å². The number of hydrogen-bond acceptors (Lipinski definition) is 2. The number of carbonyl (C=O) groups excluding carboxylic acids is 1. The Bertz CT molecular complexity index is 246. The van der Waals surface area contributed by atoms with E-state index < -0.39 is 0 Å². The van der Waals surface area contributed by atoms with E-state index in [1.165, 1.54) is 19.3 Å². The van der Waals surface area contributed by atoms with Crippen LogP contribution in [-0.4, -0.2) is 35.9 Å².